The molecular formula is C15H23NO3. The molecule has 1 aromatic carbocycles. The Labute approximate surface area is 114 Å². The molecule has 1 aliphatic rings. The highest BCUT2D eigenvalue weighted by Gasteiger charge is 2.28. The second-order valence-electron chi connectivity index (χ2n) is 5.13. The minimum Gasteiger partial charge on any atom is -0.496 e. The number of ether oxygens (including phenoxy) is 2. The Balaban J connectivity index is 2.42. The van der Waals surface area contributed by atoms with Crippen LogP contribution in [0, 0.1) is 13.8 Å². The van der Waals surface area contributed by atoms with Crippen LogP contribution in [0.2, 0.25) is 0 Å². The molecule has 2 N–H and O–H groups in total. The maximum Gasteiger partial charge on any atom is 0.127 e. The Morgan fingerprint density at radius 3 is 2.42 bits per heavy atom. The van der Waals surface area contributed by atoms with Gasteiger partial charge in [0, 0.05) is 11.6 Å². The standard InChI is InChI=1S/C15H23NO3/c1-9-10(2)15(19-4)12(7-14(9)18-3)13(8-17)16-11-5-6-11/h7,11,13,16-17H,5-6,8H2,1-4H3. The number of aliphatic hydroxyl groups is 1. The van der Waals surface area contributed by atoms with Crippen LogP contribution in [0.4, 0.5) is 0 Å². The fraction of sp³-hybridized carbons (Fsp3) is 0.600. The molecule has 1 atom stereocenters. The molecule has 0 spiro atoms. The summed E-state index contributed by atoms with van der Waals surface area (Å²) in [6, 6.07) is 2.39. The largest absolute Gasteiger partial charge is 0.496 e. The van der Waals surface area contributed by atoms with Crippen molar-refractivity contribution in [3.05, 3.63) is 22.8 Å². The molecule has 1 saturated carbocycles. The summed E-state index contributed by atoms with van der Waals surface area (Å²) in [5.74, 6) is 1.68. The van der Waals surface area contributed by atoms with Gasteiger partial charge in [-0.15, -0.1) is 0 Å². The molecular weight excluding hydrogens is 242 g/mol. The third kappa shape index (κ3) is 2.85. The van der Waals surface area contributed by atoms with Gasteiger partial charge in [0.25, 0.3) is 0 Å². The molecule has 0 aliphatic heterocycles. The van der Waals surface area contributed by atoms with Crippen molar-refractivity contribution >= 4 is 0 Å². The van der Waals surface area contributed by atoms with E-state index < -0.39 is 0 Å². The van der Waals surface area contributed by atoms with E-state index in [0.717, 1.165) is 28.2 Å². The van der Waals surface area contributed by atoms with Gasteiger partial charge in [-0.2, -0.15) is 0 Å². The van der Waals surface area contributed by atoms with E-state index >= 15 is 0 Å². The maximum absolute atomic E-state index is 9.64. The molecule has 0 saturated heterocycles. The number of aliphatic hydroxyl groups excluding tert-OH is 1. The molecule has 1 fully saturated rings. The molecule has 106 valence electrons. The van der Waals surface area contributed by atoms with E-state index in [0.29, 0.717) is 6.04 Å². The van der Waals surface area contributed by atoms with E-state index in [-0.39, 0.29) is 12.6 Å². The average molecular weight is 265 g/mol. The normalized spacial score (nSPS) is 16.3. The Kier molecular flexibility index (Phi) is 4.32. The van der Waals surface area contributed by atoms with Gasteiger partial charge in [0.1, 0.15) is 11.5 Å². The van der Waals surface area contributed by atoms with Gasteiger partial charge in [-0.25, -0.2) is 0 Å². The van der Waals surface area contributed by atoms with Crippen LogP contribution in [0.15, 0.2) is 6.07 Å². The summed E-state index contributed by atoms with van der Waals surface area (Å²) in [5, 5.41) is 13.1. The van der Waals surface area contributed by atoms with Crippen molar-refractivity contribution in [2.45, 2.75) is 38.8 Å². The summed E-state index contributed by atoms with van der Waals surface area (Å²) in [7, 11) is 3.34. The molecule has 1 unspecified atom stereocenters. The molecule has 0 radical (unpaired) electrons. The average Bonchev–Trinajstić information content (AvgIpc) is 3.23. The third-order valence-corrected chi connectivity index (χ3v) is 3.82. The van der Waals surface area contributed by atoms with Crippen LogP contribution in [0.3, 0.4) is 0 Å². The van der Waals surface area contributed by atoms with E-state index in [4.69, 9.17) is 9.47 Å². The van der Waals surface area contributed by atoms with Crippen molar-refractivity contribution in [1.82, 2.24) is 5.32 Å². The van der Waals surface area contributed by atoms with Crippen molar-refractivity contribution in [3.63, 3.8) is 0 Å². The lowest BCUT2D eigenvalue weighted by Crippen LogP contribution is -2.27. The first-order valence-corrected chi connectivity index (χ1v) is 6.71. The van der Waals surface area contributed by atoms with Gasteiger partial charge < -0.3 is 19.9 Å². The van der Waals surface area contributed by atoms with Gasteiger partial charge >= 0.3 is 0 Å². The first-order chi connectivity index (χ1) is 9.12. The zero-order valence-corrected chi connectivity index (χ0v) is 12.1. The SMILES string of the molecule is COc1cc(C(CO)NC2CC2)c(OC)c(C)c1C. The van der Waals surface area contributed by atoms with Crippen LogP contribution >= 0.6 is 0 Å². The van der Waals surface area contributed by atoms with E-state index in [9.17, 15) is 5.11 Å². The fourth-order valence-electron chi connectivity index (χ4n) is 2.40. The summed E-state index contributed by atoms with van der Waals surface area (Å²) in [5.41, 5.74) is 3.11. The van der Waals surface area contributed by atoms with Crippen molar-refractivity contribution in [3.8, 4) is 11.5 Å². The lowest BCUT2D eigenvalue weighted by molar-refractivity contribution is 0.239. The molecule has 1 aliphatic carbocycles. The smallest absolute Gasteiger partial charge is 0.127 e. The number of methoxy groups -OCH3 is 2. The summed E-state index contributed by atoms with van der Waals surface area (Å²) >= 11 is 0. The van der Waals surface area contributed by atoms with E-state index in [2.05, 4.69) is 5.32 Å². The predicted molar refractivity (Wildman–Crippen MR) is 75.0 cm³/mol. The molecule has 0 amide bonds. The highest BCUT2D eigenvalue weighted by molar-refractivity contribution is 5.53. The molecule has 2 rings (SSSR count). The molecule has 19 heavy (non-hydrogen) atoms. The minimum absolute atomic E-state index is 0.0541. The Bertz CT molecular complexity index is 455. The van der Waals surface area contributed by atoms with E-state index in [1.165, 1.54) is 12.8 Å². The third-order valence-electron chi connectivity index (χ3n) is 3.82. The van der Waals surface area contributed by atoms with Gasteiger partial charge in [0.15, 0.2) is 0 Å². The number of nitrogens with one attached hydrogen (secondary N) is 1. The summed E-state index contributed by atoms with van der Waals surface area (Å²) in [6.45, 7) is 4.09. The van der Waals surface area contributed by atoms with Crippen molar-refractivity contribution in [2.75, 3.05) is 20.8 Å². The number of hydrogen-bond acceptors (Lipinski definition) is 4. The van der Waals surface area contributed by atoms with Crippen LogP contribution in [0.5, 0.6) is 11.5 Å². The Morgan fingerprint density at radius 2 is 1.95 bits per heavy atom. The zero-order valence-electron chi connectivity index (χ0n) is 12.1. The van der Waals surface area contributed by atoms with Crippen molar-refractivity contribution in [1.29, 1.82) is 0 Å². The first kappa shape index (κ1) is 14.2. The van der Waals surface area contributed by atoms with Gasteiger partial charge in [0.2, 0.25) is 0 Å². The molecule has 4 heteroatoms. The van der Waals surface area contributed by atoms with Gasteiger partial charge in [0.05, 0.1) is 26.9 Å². The molecule has 0 aromatic heterocycles. The van der Waals surface area contributed by atoms with Gasteiger partial charge in [-0.1, -0.05) is 0 Å². The number of rotatable bonds is 6. The molecule has 4 nitrogen and oxygen atoms in total. The summed E-state index contributed by atoms with van der Waals surface area (Å²) in [6.07, 6.45) is 2.36. The summed E-state index contributed by atoms with van der Waals surface area (Å²) in [4.78, 5) is 0. The lowest BCUT2D eigenvalue weighted by atomic mass is 9.98. The van der Waals surface area contributed by atoms with Crippen molar-refractivity contribution in [2.24, 2.45) is 0 Å². The van der Waals surface area contributed by atoms with Crippen LogP contribution < -0.4 is 14.8 Å². The quantitative estimate of drug-likeness (QED) is 0.827. The van der Waals surface area contributed by atoms with E-state index in [1.54, 1.807) is 14.2 Å². The predicted octanol–water partition coefficient (Wildman–Crippen LogP) is 2.11. The Morgan fingerprint density at radius 1 is 1.26 bits per heavy atom. The highest BCUT2D eigenvalue weighted by Crippen LogP contribution is 2.37. The second-order valence-corrected chi connectivity index (χ2v) is 5.13. The van der Waals surface area contributed by atoms with Crippen LogP contribution in [-0.2, 0) is 0 Å². The molecule has 1 aromatic rings. The zero-order chi connectivity index (χ0) is 14.0. The second kappa shape index (κ2) is 5.80. The van der Waals surface area contributed by atoms with Crippen molar-refractivity contribution < 1.29 is 14.6 Å². The van der Waals surface area contributed by atoms with Crippen LogP contribution in [0.1, 0.15) is 35.6 Å². The topological polar surface area (TPSA) is 50.7 Å². The van der Waals surface area contributed by atoms with Crippen LogP contribution in [0.25, 0.3) is 0 Å². The number of benzene rings is 1. The van der Waals surface area contributed by atoms with Gasteiger partial charge in [-0.3, -0.25) is 0 Å². The Hall–Kier alpha value is -1.26. The first-order valence-electron chi connectivity index (χ1n) is 6.71. The maximum atomic E-state index is 9.64. The monoisotopic (exact) mass is 265 g/mol. The van der Waals surface area contributed by atoms with Crippen LogP contribution in [-0.4, -0.2) is 32.0 Å². The fourth-order valence-corrected chi connectivity index (χ4v) is 2.40. The molecule has 0 heterocycles. The highest BCUT2D eigenvalue weighted by atomic mass is 16.5. The minimum atomic E-state index is -0.101. The van der Waals surface area contributed by atoms with Gasteiger partial charge in [-0.05, 0) is 43.9 Å². The molecule has 0 bridgehead atoms. The van der Waals surface area contributed by atoms with E-state index in [1.807, 2.05) is 19.9 Å². The summed E-state index contributed by atoms with van der Waals surface area (Å²) < 4.78 is 11.0. The lowest BCUT2D eigenvalue weighted by Gasteiger charge is -2.23. The number of hydrogen-bond donors (Lipinski definition) is 2.